The summed E-state index contributed by atoms with van der Waals surface area (Å²) in [5.74, 6) is 0.145. The Kier molecular flexibility index (Phi) is 4.13. The van der Waals surface area contributed by atoms with Crippen molar-refractivity contribution in [2.45, 2.75) is 19.9 Å². The van der Waals surface area contributed by atoms with Crippen LogP contribution in [-0.4, -0.2) is 24.3 Å². The molecule has 1 amide bonds. The van der Waals surface area contributed by atoms with Crippen LogP contribution in [0.1, 0.15) is 13.3 Å². The van der Waals surface area contributed by atoms with E-state index in [1.165, 1.54) is 17.1 Å². The topological polar surface area (TPSA) is 90.3 Å². The number of aryl methyl sites for hydroxylation is 1. The Morgan fingerprint density at radius 3 is 2.94 bits per heavy atom. The molecule has 0 atom stereocenters. The monoisotopic (exact) mass is 267 g/mol. The molecule has 0 aliphatic rings. The molecule has 0 unspecified atom stereocenters. The molecule has 0 bridgehead atoms. The minimum atomic E-state index is -4.13. The third-order valence-electron chi connectivity index (χ3n) is 1.48. The number of carbonyl (C=O) groups is 1. The van der Waals surface area contributed by atoms with E-state index in [1.54, 1.807) is 4.68 Å². The van der Waals surface area contributed by atoms with Gasteiger partial charge in [-0.15, -0.1) is 0 Å². The van der Waals surface area contributed by atoms with Gasteiger partial charge in [-0.05, 0) is 6.42 Å². The molecule has 0 aliphatic heterocycles. The summed E-state index contributed by atoms with van der Waals surface area (Å²) in [6.07, 6.45) is 2.48. The average Bonchev–Trinajstić information content (AvgIpc) is 2.49. The van der Waals surface area contributed by atoms with Gasteiger partial charge in [0.25, 0.3) is 0 Å². The molecule has 0 radical (unpaired) electrons. The number of halogens is 1. The Morgan fingerprint density at radius 2 is 2.38 bits per heavy atom. The van der Waals surface area contributed by atoms with E-state index in [4.69, 9.17) is 10.7 Å². The van der Waals surface area contributed by atoms with E-state index in [1.807, 2.05) is 6.92 Å². The lowest BCUT2D eigenvalue weighted by atomic mass is 10.5. The van der Waals surface area contributed by atoms with Crippen molar-refractivity contribution in [1.82, 2.24) is 14.5 Å². The molecule has 9 heteroatoms. The molecule has 1 N–H and O–H groups in total. The molecule has 0 aliphatic carbocycles. The van der Waals surface area contributed by atoms with Gasteiger partial charge in [-0.25, -0.2) is 9.52 Å². The van der Waals surface area contributed by atoms with E-state index in [9.17, 15) is 13.2 Å². The van der Waals surface area contributed by atoms with Crippen molar-refractivity contribution < 1.29 is 17.9 Å². The lowest BCUT2D eigenvalue weighted by Crippen LogP contribution is -2.29. The molecular weight excluding hydrogens is 258 g/mol. The Labute approximate surface area is 96.9 Å². The fraction of sp³-hybridized carbons (Fsp3) is 0.429. The summed E-state index contributed by atoms with van der Waals surface area (Å²) in [7, 11) is 0.662. The lowest BCUT2D eigenvalue weighted by molar-refractivity contribution is 0.207. The van der Waals surface area contributed by atoms with Crippen LogP contribution in [0.5, 0.6) is 5.75 Å². The van der Waals surface area contributed by atoms with Gasteiger partial charge in [-0.3, -0.25) is 4.68 Å². The second kappa shape index (κ2) is 5.17. The van der Waals surface area contributed by atoms with Gasteiger partial charge >= 0.3 is 15.3 Å². The smallest absolute Gasteiger partial charge is 0.406 e. The maximum atomic E-state index is 11.0. The first kappa shape index (κ1) is 12.8. The third kappa shape index (κ3) is 4.49. The summed E-state index contributed by atoms with van der Waals surface area (Å²) in [6.45, 7) is 2.65. The Hall–Kier alpha value is -1.28. The van der Waals surface area contributed by atoms with Gasteiger partial charge in [0, 0.05) is 17.2 Å². The first-order chi connectivity index (χ1) is 7.40. The molecule has 0 spiro atoms. The summed E-state index contributed by atoms with van der Waals surface area (Å²) >= 11 is 0. The number of ether oxygens (including phenoxy) is 1. The minimum Gasteiger partial charge on any atom is -0.406 e. The number of hydrogen-bond acceptors (Lipinski definition) is 5. The zero-order valence-electron chi connectivity index (χ0n) is 8.38. The highest BCUT2D eigenvalue weighted by Crippen LogP contribution is 2.09. The molecule has 1 aromatic heterocycles. The van der Waals surface area contributed by atoms with Crippen molar-refractivity contribution in [2.75, 3.05) is 0 Å². The highest BCUT2D eigenvalue weighted by Gasteiger charge is 2.13. The van der Waals surface area contributed by atoms with E-state index in [0.29, 0.717) is 6.54 Å². The van der Waals surface area contributed by atoms with Gasteiger partial charge < -0.3 is 4.74 Å². The second-order valence-corrected chi connectivity index (χ2v) is 5.17. The summed E-state index contributed by atoms with van der Waals surface area (Å²) in [4.78, 5) is 11.0. The molecule has 0 saturated carbocycles. The number of rotatable bonds is 4. The van der Waals surface area contributed by atoms with Crippen LogP contribution >= 0.6 is 10.7 Å². The lowest BCUT2D eigenvalue weighted by Gasteiger charge is -2.00. The van der Waals surface area contributed by atoms with Gasteiger partial charge in [-0.2, -0.15) is 13.5 Å². The fourth-order valence-electron chi connectivity index (χ4n) is 0.976. The fourth-order valence-corrected chi connectivity index (χ4v) is 1.41. The van der Waals surface area contributed by atoms with Crippen molar-refractivity contribution >= 4 is 26.0 Å². The Balaban J connectivity index is 2.56. The van der Waals surface area contributed by atoms with E-state index in [0.717, 1.165) is 6.42 Å². The van der Waals surface area contributed by atoms with Gasteiger partial charge in [0.05, 0.1) is 12.4 Å². The molecule has 0 fully saturated rings. The first-order valence-electron chi connectivity index (χ1n) is 4.37. The van der Waals surface area contributed by atoms with Crippen LogP contribution in [-0.2, 0) is 15.8 Å². The normalized spacial score (nSPS) is 11.1. The van der Waals surface area contributed by atoms with Crippen molar-refractivity contribution in [3.63, 3.8) is 0 Å². The first-order valence-corrected chi connectivity index (χ1v) is 6.68. The molecule has 7 nitrogen and oxygen atoms in total. The summed E-state index contributed by atoms with van der Waals surface area (Å²) < 4.78 is 28.6. The van der Waals surface area contributed by atoms with E-state index in [2.05, 4.69) is 9.84 Å². The van der Waals surface area contributed by atoms with Crippen LogP contribution in [0.15, 0.2) is 12.4 Å². The highest BCUT2D eigenvalue weighted by atomic mass is 35.7. The van der Waals surface area contributed by atoms with Crippen LogP contribution in [0, 0.1) is 0 Å². The quantitative estimate of drug-likeness (QED) is 0.817. The summed E-state index contributed by atoms with van der Waals surface area (Å²) in [5, 5.41) is 3.88. The molecule has 1 rings (SSSR count). The number of hydrogen-bond donors (Lipinski definition) is 1. The van der Waals surface area contributed by atoms with Crippen molar-refractivity contribution in [2.24, 2.45) is 0 Å². The van der Waals surface area contributed by atoms with Gasteiger partial charge in [0.15, 0.2) is 5.75 Å². The van der Waals surface area contributed by atoms with Crippen LogP contribution in [0.25, 0.3) is 0 Å². The van der Waals surface area contributed by atoms with Gasteiger partial charge in [0.1, 0.15) is 0 Å². The second-order valence-electron chi connectivity index (χ2n) is 2.87. The molecule has 0 saturated heterocycles. The highest BCUT2D eigenvalue weighted by molar-refractivity contribution is 8.12. The number of nitrogens with one attached hydrogen (secondary N) is 1. The van der Waals surface area contributed by atoms with Crippen molar-refractivity contribution in [1.29, 1.82) is 0 Å². The Bertz CT molecular complexity index is 470. The zero-order valence-corrected chi connectivity index (χ0v) is 9.95. The molecule has 16 heavy (non-hydrogen) atoms. The molecular formula is C7H10ClN3O4S. The van der Waals surface area contributed by atoms with Gasteiger partial charge in [0.2, 0.25) is 0 Å². The van der Waals surface area contributed by atoms with Crippen molar-refractivity contribution in [3.8, 4) is 5.75 Å². The predicted octanol–water partition coefficient (Wildman–Crippen LogP) is 0.865. The zero-order chi connectivity index (χ0) is 12.2. The third-order valence-corrected chi connectivity index (χ3v) is 2.12. The average molecular weight is 268 g/mol. The van der Waals surface area contributed by atoms with E-state index in [-0.39, 0.29) is 5.75 Å². The molecule has 1 aromatic rings. The number of amides is 1. The standard InChI is InChI=1S/C7H10ClN3O4S/c1-2-3-11-5-6(4-9-11)15-7(12)10-16(8,13)14/h4-5H,2-3H2,1H3,(H,10,12). The largest absolute Gasteiger partial charge is 0.427 e. The van der Waals surface area contributed by atoms with Crippen LogP contribution in [0.4, 0.5) is 4.79 Å². The van der Waals surface area contributed by atoms with Gasteiger partial charge in [-0.1, -0.05) is 6.92 Å². The maximum absolute atomic E-state index is 11.0. The maximum Gasteiger partial charge on any atom is 0.427 e. The summed E-state index contributed by atoms with van der Waals surface area (Å²) in [6, 6.07) is 0. The number of aromatic nitrogens is 2. The van der Waals surface area contributed by atoms with Crippen LogP contribution in [0.2, 0.25) is 0 Å². The summed E-state index contributed by atoms with van der Waals surface area (Å²) in [5.41, 5.74) is 0. The van der Waals surface area contributed by atoms with E-state index >= 15 is 0 Å². The molecule has 0 aromatic carbocycles. The van der Waals surface area contributed by atoms with E-state index < -0.39 is 15.3 Å². The molecule has 1 heterocycles. The van der Waals surface area contributed by atoms with Crippen molar-refractivity contribution in [3.05, 3.63) is 12.4 Å². The van der Waals surface area contributed by atoms with Crippen LogP contribution < -0.4 is 9.46 Å². The van der Waals surface area contributed by atoms with Crippen LogP contribution in [0.3, 0.4) is 0 Å². The number of nitrogens with zero attached hydrogens (tertiary/aromatic N) is 2. The molecule has 90 valence electrons. The minimum absolute atomic E-state index is 0.145. The Morgan fingerprint density at radius 1 is 1.69 bits per heavy atom. The predicted molar refractivity (Wildman–Crippen MR) is 56.5 cm³/mol. The number of carbonyl (C=O) groups excluding carboxylic acids is 1. The SMILES string of the molecule is CCCn1cc(OC(=O)NS(=O)(=O)Cl)cn1.